The quantitative estimate of drug-likeness (QED) is 0.615. The number of hydrogen-bond acceptors (Lipinski definition) is 5. The van der Waals surface area contributed by atoms with Crippen LogP contribution in [0.25, 0.3) is 0 Å². The minimum Gasteiger partial charge on any atom is -0.396 e. The van der Waals surface area contributed by atoms with Crippen molar-refractivity contribution in [3.8, 4) is 0 Å². The fourth-order valence-corrected chi connectivity index (χ4v) is 1.99. The lowest BCUT2D eigenvalue weighted by Gasteiger charge is -2.17. The number of anilines is 2. The maximum Gasteiger partial charge on any atom is 0.133 e. The highest BCUT2D eigenvalue weighted by atomic mass is 16.3. The molecule has 5 heteroatoms. The van der Waals surface area contributed by atoms with Crippen LogP contribution in [0.4, 0.5) is 11.6 Å². The first-order valence-corrected chi connectivity index (χ1v) is 7.72. The number of aryl methyl sites for hydroxylation is 1. The van der Waals surface area contributed by atoms with E-state index in [1.54, 1.807) is 0 Å². The summed E-state index contributed by atoms with van der Waals surface area (Å²) in [5.74, 6) is 2.60. The molecule has 20 heavy (non-hydrogen) atoms. The molecule has 1 aromatic rings. The molecular weight excluding hydrogens is 252 g/mol. The molecule has 1 heterocycles. The molecule has 1 rings (SSSR count). The van der Waals surface area contributed by atoms with Gasteiger partial charge in [-0.1, -0.05) is 20.8 Å². The van der Waals surface area contributed by atoms with Crippen LogP contribution in [-0.2, 0) is 6.42 Å². The van der Waals surface area contributed by atoms with Gasteiger partial charge in [-0.3, -0.25) is 0 Å². The second-order valence-electron chi connectivity index (χ2n) is 4.99. The lowest BCUT2D eigenvalue weighted by Crippen LogP contribution is -2.21. The van der Waals surface area contributed by atoms with Crippen LogP contribution in [0, 0.1) is 0 Å². The highest BCUT2D eigenvalue weighted by Crippen LogP contribution is 2.15. The first-order valence-electron chi connectivity index (χ1n) is 7.72. The summed E-state index contributed by atoms with van der Waals surface area (Å²) in [7, 11) is 0. The molecule has 0 aliphatic carbocycles. The first kappa shape index (κ1) is 16.7. The molecule has 0 aliphatic heterocycles. The minimum absolute atomic E-state index is 0.194. The van der Waals surface area contributed by atoms with Gasteiger partial charge in [-0.25, -0.2) is 9.97 Å². The van der Waals surface area contributed by atoms with E-state index in [-0.39, 0.29) is 12.6 Å². The Kier molecular flexibility index (Phi) is 7.95. The average Bonchev–Trinajstić information content (AvgIpc) is 2.45. The van der Waals surface area contributed by atoms with E-state index >= 15 is 0 Å². The fourth-order valence-electron chi connectivity index (χ4n) is 1.99. The molecule has 114 valence electrons. The van der Waals surface area contributed by atoms with Crippen molar-refractivity contribution in [3.63, 3.8) is 0 Å². The predicted molar refractivity (Wildman–Crippen MR) is 84.2 cm³/mol. The van der Waals surface area contributed by atoms with Crippen molar-refractivity contribution in [2.45, 2.75) is 58.9 Å². The van der Waals surface area contributed by atoms with Crippen molar-refractivity contribution in [2.75, 3.05) is 23.8 Å². The molecule has 1 atom stereocenters. The van der Waals surface area contributed by atoms with Crippen LogP contribution in [0.15, 0.2) is 6.07 Å². The van der Waals surface area contributed by atoms with E-state index in [9.17, 15) is 0 Å². The lowest BCUT2D eigenvalue weighted by atomic mass is 10.1. The van der Waals surface area contributed by atoms with Crippen LogP contribution < -0.4 is 10.6 Å². The SMILES string of the molecule is CCCNc1cc(NC(CC)CCO)nc(CCC)n1. The summed E-state index contributed by atoms with van der Waals surface area (Å²) in [6, 6.07) is 2.21. The Bertz CT molecular complexity index is 384. The Labute approximate surface area is 122 Å². The molecule has 5 nitrogen and oxygen atoms in total. The summed E-state index contributed by atoms with van der Waals surface area (Å²) in [5, 5.41) is 15.8. The van der Waals surface area contributed by atoms with E-state index < -0.39 is 0 Å². The molecular formula is C15H28N4O. The number of nitrogens with zero attached hydrogens (tertiary/aromatic N) is 2. The summed E-state index contributed by atoms with van der Waals surface area (Å²) in [6.45, 7) is 7.48. The molecule has 0 bridgehead atoms. The van der Waals surface area contributed by atoms with Gasteiger partial charge in [0, 0.05) is 31.7 Å². The second kappa shape index (κ2) is 9.53. The Morgan fingerprint density at radius 1 is 1.15 bits per heavy atom. The van der Waals surface area contributed by atoms with Crippen LogP contribution in [0.1, 0.15) is 52.3 Å². The maximum atomic E-state index is 9.07. The highest BCUT2D eigenvalue weighted by molar-refractivity contribution is 5.48. The van der Waals surface area contributed by atoms with Crippen molar-refractivity contribution < 1.29 is 5.11 Å². The number of rotatable bonds is 10. The molecule has 1 aromatic heterocycles. The monoisotopic (exact) mass is 280 g/mol. The second-order valence-corrected chi connectivity index (χ2v) is 4.99. The van der Waals surface area contributed by atoms with Crippen molar-refractivity contribution in [1.82, 2.24) is 9.97 Å². The number of hydrogen-bond donors (Lipinski definition) is 3. The largest absolute Gasteiger partial charge is 0.396 e. The highest BCUT2D eigenvalue weighted by Gasteiger charge is 2.09. The van der Waals surface area contributed by atoms with Gasteiger partial charge in [-0.2, -0.15) is 0 Å². The maximum absolute atomic E-state index is 9.07. The molecule has 0 spiro atoms. The smallest absolute Gasteiger partial charge is 0.133 e. The van der Waals surface area contributed by atoms with E-state index in [1.165, 1.54) is 0 Å². The summed E-state index contributed by atoms with van der Waals surface area (Å²) in [5.41, 5.74) is 0. The zero-order chi connectivity index (χ0) is 14.8. The van der Waals surface area contributed by atoms with Gasteiger partial charge in [-0.15, -0.1) is 0 Å². The van der Waals surface area contributed by atoms with E-state index in [0.29, 0.717) is 0 Å². The Hall–Kier alpha value is -1.36. The predicted octanol–water partition coefficient (Wildman–Crippen LogP) is 2.82. The minimum atomic E-state index is 0.194. The molecule has 3 N–H and O–H groups in total. The Morgan fingerprint density at radius 3 is 2.50 bits per heavy atom. The van der Waals surface area contributed by atoms with Crippen LogP contribution in [0.3, 0.4) is 0 Å². The molecule has 0 saturated heterocycles. The summed E-state index contributed by atoms with van der Waals surface area (Å²) >= 11 is 0. The first-order chi connectivity index (χ1) is 9.73. The van der Waals surface area contributed by atoms with E-state index in [0.717, 1.165) is 56.1 Å². The van der Waals surface area contributed by atoms with E-state index in [1.807, 2.05) is 6.07 Å². The van der Waals surface area contributed by atoms with Gasteiger partial charge in [0.2, 0.25) is 0 Å². The Balaban J connectivity index is 2.83. The normalized spacial score (nSPS) is 12.2. The van der Waals surface area contributed by atoms with Crippen molar-refractivity contribution in [3.05, 3.63) is 11.9 Å². The van der Waals surface area contributed by atoms with Crippen LogP contribution >= 0.6 is 0 Å². The van der Waals surface area contributed by atoms with Gasteiger partial charge < -0.3 is 15.7 Å². The molecule has 0 saturated carbocycles. The zero-order valence-corrected chi connectivity index (χ0v) is 12.9. The number of aliphatic hydroxyl groups is 1. The van der Waals surface area contributed by atoms with Gasteiger partial charge in [-0.05, 0) is 25.7 Å². The third-order valence-corrected chi connectivity index (χ3v) is 3.12. The van der Waals surface area contributed by atoms with Crippen molar-refractivity contribution >= 4 is 11.6 Å². The number of aromatic nitrogens is 2. The molecule has 0 aromatic carbocycles. The van der Waals surface area contributed by atoms with Crippen molar-refractivity contribution in [2.24, 2.45) is 0 Å². The average molecular weight is 280 g/mol. The molecule has 0 fully saturated rings. The molecule has 0 amide bonds. The number of aliphatic hydroxyl groups excluding tert-OH is 1. The zero-order valence-electron chi connectivity index (χ0n) is 12.9. The third-order valence-electron chi connectivity index (χ3n) is 3.12. The van der Waals surface area contributed by atoms with Crippen LogP contribution in [-0.4, -0.2) is 34.3 Å². The van der Waals surface area contributed by atoms with Gasteiger partial charge in [0.15, 0.2) is 0 Å². The van der Waals surface area contributed by atoms with Crippen LogP contribution in [0.2, 0.25) is 0 Å². The fraction of sp³-hybridized carbons (Fsp3) is 0.733. The lowest BCUT2D eigenvalue weighted by molar-refractivity contribution is 0.278. The molecule has 0 radical (unpaired) electrons. The topological polar surface area (TPSA) is 70.1 Å². The molecule has 1 unspecified atom stereocenters. The van der Waals surface area contributed by atoms with Crippen molar-refractivity contribution in [1.29, 1.82) is 0 Å². The van der Waals surface area contributed by atoms with Gasteiger partial charge in [0.1, 0.15) is 17.5 Å². The van der Waals surface area contributed by atoms with Gasteiger partial charge >= 0.3 is 0 Å². The summed E-state index contributed by atoms with van der Waals surface area (Å²) in [6.07, 6.45) is 4.68. The van der Waals surface area contributed by atoms with Crippen LogP contribution in [0.5, 0.6) is 0 Å². The number of nitrogens with one attached hydrogen (secondary N) is 2. The molecule has 0 aliphatic rings. The standard InChI is InChI=1S/C15H28N4O/c1-4-7-13-18-14(16-9-5-2)11-15(19-13)17-12(6-3)8-10-20/h11-12,20H,4-10H2,1-3H3,(H2,16,17,18,19). The summed E-state index contributed by atoms with van der Waals surface area (Å²) < 4.78 is 0. The van der Waals surface area contributed by atoms with E-state index in [4.69, 9.17) is 5.11 Å². The Morgan fingerprint density at radius 2 is 1.90 bits per heavy atom. The van der Waals surface area contributed by atoms with Gasteiger partial charge in [0.25, 0.3) is 0 Å². The van der Waals surface area contributed by atoms with E-state index in [2.05, 4.69) is 41.4 Å². The van der Waals surface area contributed by atoms with Gasteiger partial charge in [0.05, 0.1) is 0 Å². The summed E-state index contributed by atoms with van der Waals surface area (Å²) in [4.78, 5) is 9.09. The third kappa shape index (κ3) is 5.74.